The molecule has 2 amide bonds. The fraction of sp³-hybridized carbons (Fsp3) is 0.652. The highest BCUT2D eigenvalue weighted by atomic mass is 16.5. The van der Waals surface area contributed by atoms with Gasteiger partial charge in [0.1, 0.15) is 6.10 Å². The Morgan fingerprint density at radius 1 is 1.41 bits per heavy atom. The van der Waals surface area contributed by atoms with E-state index in [4.69, 9.17) is 14.8 Å². The van der Waals surface area contributed by atoms with Crippen molar-refractivity contribution in [3.8, 4) is 0 Å². The molecule has 0 aromatic carbocycles. The molecule has 2 aliphatic rings. The van der Waals surface area contributed by atoms with Gasteiger partial charge in [0.2, 0.25) is 0 Å². The standard InChI is InChI=1S/C23H34N6O5/c1-14-5-8-18-20(27-28(21(18)26-14)10-4-9-24-23(32)33-3)15(2)29(17-6-7-17)22(31)19-11-25-16(12-30)13-34-19/h5,8,15-17,19,25,30H,4,6-7,9-13H2,1-3H3,(H,24,32)/t15?,16-,19+/m0/s1. The minimum Gasteiger partial charge on any atom is -0.453 e. The average Bonchev–Trinajstić information content (AvgIpc) is 3.62. The maximum absolute atomic E-state index is 13.5. The van der Waals surface area contributed by atoms with E-state index in [0.717, 1.165) is 35.3 Å². The monoisotopic (exact) mass is 474 g/mol. The highest BCUT2D eigenvalue weighted by Crippen LogP contribution is 2.37. The highest BCUT2D eigenvalue weighted by molar-refractivity contribution is 5.84. The van der Waals surface area contributed by atoms with Gasteiger partial charge in [0.05, 0.1) is 38.1 Å². The van der Waals surface area contributed by atoms with Crippen molar-refractivity contribution in [2.45, 2.75) is 63.9 Å². The first-order valence-electron chi connectivity index (χ1n) is 11.9. The van der Waals surface area contributed by atoms with Crippen molar-refractivity contribution >= 4 is 23.0 Å². The summed E-state index contributed by atoms with van der Waals surface area (Å²) >= 11 is 0. The first kappa shape index (κ1) is 24.4. The lowest BCUT2D eigenvalue weighted by Gasteiger charge is -2.35. The summed E-state index contributed by atoms with van der Waals surface area (Å²) in [6, 6.07) is 3.75. The molecule has 1 saturated carbocycles. The van der Waals surface area contributed by atoms with Crippen LogP contribution in [0.2, 0.25) is 0 Å². The Morgan fingerprint density at radius 2 is 2.21 bits per heavy atom. The van der Waals surface area contributed by atoms with E-state index >= 15 is 0 Å². The Balaban J connectivity index is 1.55. The Kier molecular flexibility index (Phi) is 7.64. The van der Waals surface area contributed by atoms with Gasteiger partial charge in [0.25, 0.3) is 5.91 Å². The van der Waals surface area contributed by atoms with Crippen molar-refractivity contribution < 1.29 is 24.2 Å². The second-order valence-corrected chi connectivity index (χ2v) is 8.97. The van der Waals surface area contributed by atoms with Crippen molar-refractivity contribution in [1.29, 1.82) is 0 Å². The van der Waals surface area contributed by atoms with Gasteiger partial charge in [0, 0.05) is 36.8 Å². The predicted molar refractivity (Wildman–Crippen MR) is 124 cm³/mol. The zero-order valence-corrected chi connectivity index (χ0v) is 20.0. The molecule has 11 heteroatoms. The van der Waals surface area contributed by atoms with E-state index in [9.17, 15) is 14.7 Å². The van der Waals surface area contributed by atoms with Crippen molar-refractivity contribution in [2.75, 3.05) is 33.4 Å². The third kappa shape index (κ3) is 5.31. The number of carbonyl (C=O) groups is 2. The molecule has 3 N–H and O–H groups in total. The number of nitrogens with zero attached hydrogens (tertiary/aromatic N) is 4. The molecule has 2 fully saturated rings. The fourth-order valence-corrected chi connectivity index (χ4v) is 4.36. The van der Waals surface area contributed by atoms with E-state index in [-0.39, 0.29) is 30.6 Å². The summed E-state index contributed by atoms with van der Waals surface area (Å²) in [5, 5.41) is 21.0. The number of methoxy groups -OCH3 is 1. The summed E-state index contributed by atoms with van der Waals surface area (Å²) in [4.78, 5) is 31.4. The molecule has 0 bridgehead atoms. The van der Waals surface area contributed by atoms with Gasteiger partial charge in [0.15, 0.2) is 5.65 Å². The topological polar surface area (TPSA) is 131 Å². The van der Waals surface area contributed by atoms with E-state index in [2.05, 4.69) is 15.4 Å². The van der Waals surface area contributed by atoms with Crippen LogP contribution in [0.3, 0.4) is 0 Å². The molecule has 34 heavy (non-hydrogen) atoms. The van der Waals surface area contributed by atoms with E-state index in [1.165, 1.54) is 7.11 Å². The van der Waals surface area contributed by atoms with Gasteiger partial charge in [-0.15, -0.1) is 0 Å². The first-order chi connectivity index (χ1) is 16.4. The van der Waals surface area contributed by atoms with Crippen LogP contribution in [0, 0.1) is 6.92 Å². The fourth-order valence-electron chi connectivity index (χ4n) is 4.36. The Bertz CT molecular complexity index is 1010. The minimum absolute atomic E-state index is 0.0192. The molecule has 2 aromatic heterocycles. The Labute approximate surface area is 198 Å². The molecule has 1 saturated heterocycles. The lowest BCUT2D eigenvalue weighted by Crippen LogP contribution is -2.55. The highest BCUT2D eigenvalue weighted by Gasteiger charge is 2.41. The van der Waals surface area contributed by atoms with Crippen LogP contribution in [0.5, 0.6) is 0 Å². The van der Waals surface area contributed by atoms with Crippen LogP contribution in [0.25, 0.3) is 11.0 Å². The number of aliphatic hydroxyl groups is 1. The Hall–Kier alpha value is -2.76. The summed E-state index contributed by atoms with van der Waals surface area (Å²) in [6.07, 6.45) is 1.55. The Morgan fingerprint density at radius 3 is 2.85 bits per heavy atom. The quantitative estimate of drug-likeness (QED) is 0.457. The number of ether oxygens (including phenoxy) is 2. The number of aliphatic hydroxyl groups excluding tert-OH is 1. The normalized spacial score (nSPS) is 21.3. The predicted octanol–water partition coefficient (Wildman–Crippen LogP) is 0.887. The van der Waals surface area contributed by atoms with Gasteiger partial charge in [-0.2, -0.15) is 5.10 Å². The van der Waals surface area contributed by atoms with Crippen LogP contribution in [-0.4, -0.2) is 88.4 Å². The van der Waals surface area contributed by atoms with Gasteiger partial charge >= 0.3 is 6.09 Å². The number of pyridine rings is 1. The number of hydrogen-bond donors (Lipinski definition) is 3. The average molecular weight is 475 g/mol. The number of rotatable bonds is 9. The summed E-state index contributed by atoms with van der Waals surface area (Å²) in [6.45, 7) is 5.63. The summed E-state index contributed by atoms with van der Waals surface area (Å²) < 4.78 is 12.3. The number of nitrogens with one attached hydrogen (secondary N) is 2. The maximum Gasteiger partial charge on any atom is 0.406 e. The van der Waals surface area contributed by atoms with Gasteiger partial charge in [-0.25, -0.2) is 14.5 Å². The van der Waals surface area contributed by atoms with Gasteiger partial charge in [-0.3, -0.25) is 4.79 Å². The molecule has 11 nitrogen and oxygen atoms in total. The second-order valence-electron chi connectivity index (χ2n) is 8.97. The number of hydrogen-bond acceptors (Lipinski definition) is 8. The second kappa shape index (κ2) is 10.7. The molecule has 3 atom stereocenters. The number of morpholine rings is 1. The van der Waals surface area contributed by atoms with E-state index in [1.54, 1.807) is 0 Å². The van der Waals surface area contributed by atoms with Crippen LogP contribution in [0.1, 0.15) is 43.6 Å². The number of carbonyl (C=O) groups excluding carboxylic acids is 2. The van der Waals surface area contributed by atoms with Crippen LogP contribution in [-0.2, 0) is 20.8 Å². The van der Waals surface area contributed by atoms with Crippen molar-refractivity contribution in [3.05, 3.63) is 23.5 Å². The van der Waals surface area contributed by atoms with Crippen molar-refractivity contribution in [3.63, 3.8) is 0 Å². The van der Waals surface area contributed by atoms with E-state index in [0.29, 0.717) is 32.7 Å². The maximum atomic E-state index is 13.5. The number of aromatic nitrogens is 3. The van der Waals surface area contributed by atoms with E-state index in [1.807, 2.05) is 35.6 Å². The van der Waals surface area contributed by atoms with Crippen molar-refractivity contribution in [1.82, 2.24) is 30.3 Å². The van der Waals surface area contributed by atoms with Crippen LogP contribution >= 0.6 is 0 Å². The molecule has 0 radical (unpaired) electrons. The van der Waals surface area contributed by atoms with Gasteiger partial charge < -0.3 is 30.1 Å². The van der Waals surface area contributed by atoms with Crippen LogP contribution in [0.4, 0.5) is 4.79 Å². The smallest absolute Gasteiger partial charge is 0.406 e. The molecule has 186 valence electrons. The van der Waals surface area contributed by atoms with Crippen molar-refractivity contribution in [2.24, 2.45) is 0 Å². The van der Waals surface area contributed by atoms with Gasteiger partial charge in [-0.05, 0) is 45.2 Å². The number of amides is 2. The molecule has 1 unspecified atom stereocenters. The lowest BCUT2D eigenvalue weighted by molar-refractivity contribution is -0.150. The third-order valence-electron chi connectivity index (χ3n) is 6.36. The zero-order chi connectivity index (χ0) is 24.2. The molecule has 4 rings (SSSR count). The largest absolute Gasteiger partial charge is 0.453 e. The van der Waals surface area contributed by atoms with Gasteiger partial charge in [-0.1, -0.05) is 0 Å². The SMILES string of the molecule is COC(=O)NCCCn1nc(C(C)N(C(=O)[C@H]2CN[C@@H](CO)CO2)C2CC2)c2ccc(C)nc21. The van der Waals surface area contributed by atoms with Crippen LogP contribution in [0.15, 0.2) is 12.1 Å². The lowest BCUT2D eigenvalue weighted by atomic mass is 10.1. The number of aryl methyl sites for hydroxylation is 2. The molecule has 1 aliphatic carbocycles. The number of fused-ring (bicyclic) bond motifs is 1. The number of alkyl carbamates (subject to hydrolysis) is 1. The zero-order valence-electron chi connectivity index (χ0n) is 20.0. The molecule has 0 spiro atoms. The first-order valence-corrected chi connectivity index (χ1v) is 11.9. The summed E-state index contributed by atoms with van der Waals surface area (Å²) in [7, 11) is 1.34. The summed E-state index contributed by atoms with van der Waals surface area (Å²) in [5.74, 6) is -0.0519. The minimum atomic E-state index is -0.580. The molecule has 2 aromatic rings. The molecular weight excluding hydrogens is 440 g/mol. The summed E-state index contributed by atoms with van der Waals surface area (Å²) in [5.41, 5.74) is 2.46. The third-order valence-corrected chi connectivity index (χ3v) is 6.36. The van der Waals surface area contributed by atoms with E-state index < -0.39 is 12.2 Å². The molecule has 3 heterocycles. The van der Waals surface area contributed by atoms with Crippen LogP contribution < -0.4 is 10.6 Å². The molecule has 1 aliphatic heterocycles. The molecular formula is C23H34N6O5.